The van der Waals surface area contributed by atoms with Crippen LogP contribution in [-0.2, 0) is 6.42 Å². The second-order valence-corrected chi connectivity index (χ2v) is 5.79. The van der Waals surface area contributed by atoms with E-state index < -0.39 is 12.6 Å². The minimum Gasteiger partial charge on any atom is -0.171 e. The summed E-state index contributed by atoms with van der Waals surface area (Å²) < 4.78 is 39.2. The molecule has 19 heavy (non-hydrogen) atoms. The van der Waals surface area contributed by atoms with Gasteiger partial charge in [0.2, 0.25) is 0 Å². The van der Waals surface area contributed by atoms with Gasteiger partial charge in [0.05, 0.1) is 6.42 Å². The molecule has 0 amide bonds. The zero-order chi connectivity index (χ0) is 14.0. The Hall–Kier alpha value is -0.810. The molecule has 0 saturated carbocycles. The summed E-state index contributed by atoms with van der Waals surface area (Å²) >= 11 is 6.57. The summed E-state index contributed by atoms with van der Waals surface area (Å²) in [4.78, 5) is 0. The molecule has 5 heteroatoms. The van der Waals surface area contributed by atoms with Gasteiger partial charge in [-0.05, 0) is 47.0 Å². The molecule has 0 nitrogen and oxygen atoms in total. The van der Waals surface area contributed by atoms with Crippen molar-refractivity contribution in [3.05, 3.63) is 57.0 Å². The standard InChI is InChI=1S/C14H8Br2F3/c15-11-3-1-2-9(6-11)13-7-12(16)5-4-10(13)8-14(17,18)19/h1-4,6-7H,8H2. The molecule has 0 N–H and O–H groups in total. The third-order valence-electron chi connectivity index (χ3n) is 2.53. The number of hydrogen-bond donors (Lipinski definition) is 0. The maximum absolute atomic E-state index is 12.6. The topological polar surface area (TPSA) is 0 Å². The van der Waals surface area contributed by atoms with Crippen LogP contribution in [0.25, 0.3) is 11.1 Å². The number of hydrogen-bond acceptors (Lipinski definition) is 0. The van der Waals surface area contributed by atoms with Crippen LogP contribution in [0.5, 0.6) is 0 Å². The maximum atomic E-state index is 12.6. The van der Waals surface area contributed by atoms with Crippen molar-refractivity contribution >= 4 is 31.9 Å². The molecule has 0 spiro atoms. The van der Waals surface area contributed by atoms with Crippen LogP contribution in [0.2, 0.25) is 0 Å². The van der Waals surface area contributed by atoms with Crippen LogP contribution < -0.4 is 0 Å². The number of rotatable bonds is 2. The van der Waals surface area contributed by atoms with E-state index in [0.29, 0.717) is 10.0 Å². The van der Waals surface area contributed by atoms with Gasteiger partial charge in [-0.3, -0.25) is 0 Å². The average Bonchev–Trinajstić information content (AvgIpc) is 2.30. The zero-order valence-electron chi connectivity index (χ0n) is 9.56. The van der Waals surface area contributed by atoms with Crippen LogP contribution in [0.15, 0.2) is 45.3 Å². The van der Waals surface area contributed by atoms with E-state index in [9.17, 15) is 13.2 Å². The maximum Gasteiger partial charge on any atom is 0.393 e. The van der Waals surface area contributed by atoms with Crippen molar-refractivity contribution in [1.29, 1.82) is 0 Å². The van der Waals surface area contributed by atoms with E-state index in [0.717, 1.165) is 10.0 Å². The summed E-state index contributed by atoms with van der Waals surface area (Å²) in [5.74, 6) is 0. The molecule has 99 valence electrons. The van der Waals surface area contributed by atoms with E-state index in [2.05, 4.69) is 37.9 Å². The molecule has 2 aromatic carbocycles. The van der Waals surface area contributed by atoms with E-state index in [4.69, 9.17) is 0 Å². The zero-order valence-corrected chi connectivity index (χ0v) is 12.7. The smallest absolute Gasteiger partial charge is 0.171 e. The molecule has 2 rings (SSSR count). The van der Waals surface area contributed by atoms with Crippen molar-refractivity contribution in [1.82, 2.24) is 0 Å². The molecule has 0 atom stereocenters. The lowest BCUT2D eigenvalue weighted by Crippen LogP contribution is -2.12. The van der Waals surface area contributed by atoms with Crippen LogP contribution in [0.4, 0.5) is 13.2 Å². The minimum absolute atomic E-state index is 0.216. The van der Waals surface area contributed by atoms with Crippen molar-refractivity contribution in [2.45, 2.75) is 12.6 Å². The third-order valence-corrected chi connectivity index (χ3v) is 3.48. The van der Waals surface area contributed by atoms with Crippen molar-refractivity contribution in [2.75, 3.05) is 0 Å². The largest absolute Gasteiger partial charge is 0.393 e. The van der Waals surface area contributed by atoms with E-state index >= 15 is 0 Å². The Morgan fingerprint density at radius 3 is 2.47 bits per heavy atom. The number of halogens is 5. The summed E-state index contributed by atoms with van der Waals surface area (Å²) in [6.45, 7) is 0. The lowest BCUT2D eigenvalue weighted by atomic mass is 9.98. The molecule has 2 aromatic rings. The predicted octanol–water partition coefficient (Wildman–Crippen LogP) is 5.78. The van der Waals surface area contributed by atoms with Gasteiger partial charge >= 0.3 is 6.18 Å². The summed E-state index contributed by atoms with van der Waals surface area (Å²) in [6.07, 6.45) is -5.19. The molecule has 0 aromatic heterocycles. The Bertz CT molecular complexity index is 591. The van der Waals surface area contributed by atoms with Crippen LogP contribution in [0.1, 0.15) is 5.56 Å². The fourth-order valence-electron chi connectivity index (χ4n) is 1.78. The summed E-state index contributed by atoms with van der Waals surface area (Å²) in [6, 6.07) is 13.0. The quantitative estimate of drug-likeness (QED) is 0.607. The fraction of sp³-hybridized carbons (Fsp3) is 0.143. The number of alkyl halides is 3. The lowest BCUT2D eigenvalue weighted by Gasteiger charge is -2.12. The lowest BCUT2D eigenvalue weighted by molar-refractivity contribution is -0.127. The summed E-state index contributed by atoms with van der Waals surface area (Å²) in [7, 11) is 0. The normalized spacial score (nSPS) is 11.6. The molecular weight excluding hydrogens is 385 g/mol. The van der Waals surface area contributed by atoms with Crippen LogP contribution >= 0.6 is 31.9 Å². The summed E-state index contributed by atoms with van der Waals surface area (Å²) in [5.41, 5.74) is 1.52. The Morgan fingerprint density at radius 2 is 1.84 bits per heavy atom. The Kier molecular flexibility index (Phi) is 4.36. The molecule has 1 radical (unpaired) electrons. The van der Waals surface area contributed by atoms with Crippen molar-refractivity contribution in [3.63, 3.8) is 0 Å². The van der Waals surface area contributed by atoms with Gasteiger partial charge in [0.15, 0.2) is 0 Å². The second kappa shape index (κ2) is 5.67. The van der Waals surface area contributed by atoms with Crippen molar-refractivity contribution in [2.24, 2.45) is 0 Å². The highest BCUT2D eigenvalue weighted by atomic mass is 79.9. The van der Waals surface area contributed by atoms with E-state index in [1.54, 1.807) is 24.3 Å². The summed E-state index contributed by atoms with van der Waals surface area (Å²) in [5, 5.41) is 0. The first-order chi connectivity index (χ1) is 8.85. The molecule has 0 aliphatic carbocycles. The first-order valence-corrected chi connectivity index (χ1v) is 6.96. The molecule has 0 bridgehead atoms. The molecule has 0 fully saturated rings. The fourth-order valence-corrected chi connectivity index (χ4v) is 2.52. The third kappa shape index (κ3) is 4.08. The van der Waals surface area contributed by atoms with E-state index in [1.807, 2.05) is 6.07 Å². The predicted molar refractivity (Wildman–Crippen MR) is 75.9 cm³/mol. The minimum atomic E-state index is -4.23. The average molecular weight is 393 g/mol. The first kappa shape index (κ1) is 14.6. The second-order valence-electron chi connectivity index (χ2n) is 4.02. The molecule has 0 aliphatic rings. The van der Waals surface area contributed by atoms with E-state index in [-0.39, 0.29) is 5.56 Å². The highest BCUT2D eigenvalue weighted by Gasteiger charge is 2.29. The van der Waals surface area contributed by atoms with Crippen LogP contribution in [0, 0.1) is 6.07 Å². The van der Waals surface area contributed by atoms with Crippen molar-refractivity contribution < 1.29 is 13.2 Å². The monoisotopic (exact) mass is 391 g/mol. The van der Waals surface area contributed by atoms with Gasteiger partial charge < -0.3 is 0 Å². The SMILES string of the molecule is FC(F)(F)Cc1c[c]c(Br)cc1-c1cccc(Br)c1. The Labute approximate surface area is 125 Å². The molecule has 0 unspecified atom stereocenters. The molecule has 0 aliphatic heterocycles. The van der Waals surface area contributed by atoms with Gasteiger partial charge in [-0.15, -0.1) is 0 Å². The van der Waals surface area contributed by atoms with Gasteiger partial charge in [-0.1, -0.05) is 44.0 Å². The highest BCUT2D eigenvalue weighted by molar-refractivity contribution is 9.10. The van der Waals surface area contributed by atoms with Gasteiger partial charge in [0.1, 0.15) is 0 Å². The van der Waals surface area contributed by atoms with Gasteiger partial charge in [-0.25, -0.2) is 0 Å². The molecule has 0 heterocycles. The Morgan fingerprint density at radius 1 is 1.11 bits per heavy atom. The Balaban J connectivity index is 2.51. The first-order valence-electron chi connectivity index (χ1n) is 5.38. The van der Waals surface area contributed by atoms with Gasteiger partial charge in [0.25, 0.3) is 0 Å². The van der Waals surface area contributed by atoms with E-state index in [1.165, 1.54) is 6.07 Å². The van der Waals surface area contributed by atoms with Crippen molar-refractivity contribution in [3.8, 4) is 11.1 Å². The van der Waals surface area contributed by atoms with Crippen LogP contribution in [0.3, 0.4) is 0 Å². The highest BCUT2D eigenvalue weighted by Crippen LogP contribution is 2.32. The number of benzene rings is 2. The van der Waals surface area contributed by atoms with Gasteiger partial charge in [-0.2, -0.15) is 13.2 Å². The van der Waals surface area contributed by atoms with Gasteiger partial charge in [0, 0.05) is 8.95 Å². The molecular formula is C14H8Br2F3. The molecule has 0 saturated heterocycles. The van der Waals surface area contributed by atoms with Crippen LogP contribution in [-0.4, -0.2) is 6.18 Å².